The summed E-state index contributed by atoms with van der Waals surface area (Å²) in [6.07, 6.45) is 12.3. The number of allylic oxidation sites excluding steroid dienone is 2. The Labute approximate surface area is 151 Å². The molecule has 0 aliphatic heterocycles. The second-order valence-corrected chi connectivity index (χ2v) is 7.05. The number of carbonyl (C=O) groups is 1. The Bertz CT molecular complexity index is 432. The van der Waals surface area contributed by atoms with Crippen molar-refractivity contribution in [1.29, 1.82) is 0 Å². The molecule has 1 rings (SSSR count). The average Bonchev–Trinajstić information content (AvgIpc) is 2.82. The van der Waals surface area contributed by atoms with E-state index in [9.17, 15) is 20.1 Å². The van der Waals surface area contributed by atoms with E-state index in [1.165, 1.54) is 0 Å². The molecule has 0 aromatic heterocycles. The number of hydrogen-bond acceptors (Lipinski definition) is 4. The minimum Gasteiger partial charge on any atom is -0.481 e. The standard InChI is InChI=1S/C20H34O5/c1-2-3-4-5-6-10-16-17(19(23)14-18(16)22)13-12-15(21)9-7-8-11-20(24)25/h5-6,12-13,15-19,21-23H,2-4,7-11,14H2,1H3,(H,24,25)/b6-5+,13-12+/t15-,16+,17?,18-,19+/m0/s1. The minimum atomic E-state index is -0.817. The molecule has 0 heterocycles. The average molecular weight is 354 g/mol. The predicted molar refractivity (Wildman–Crippen MR) is 98.1 cm³/mol. The zero-order chi connectivity index (χ0) is 18.7. The first-order valence-electron chi connectivity index (χ1n) is 9.55. The van der Waals surface area contributed by atoms with Crippen LogP contribution in [-0.2, 0) is 4.79 Å². The smallest absolute Gasteiger partial charge is 0.303 e. The quantitative estimate of drug-likeness (QED) is 0.319. The van der Waals surface area contributed by atoms with Crippen LogP contribution in [0.15, 0.2) is 24.3 Å². The van der Waals surface area contributed by atoms with Gasteiger partial charge in [0.15, 0.2) is 0 Å². The molecule has 1 unspecified atom stereocenters. The molecule has 5 nitrogen and oxygen atoms in total. The Morgan fingerprint density at radius 3 is 2.60 bits per heavy atom. The van der Waals surface area contributed by atoms with Crippen molar-refractivity contribution >= 4 is 5.97 Å². The van der Waals surface area contributed by atoms with Crippen molar-refractivity contribution in [2.24, 2.45) is 11.8 Å². The first-order valence-corrected chi connectivity index (χ1v) is 9.55. The first-order chi connectivity index (χ1) is 12.0. The van der Waals surface area contributed by atoms with Crippen LogP contribution in [0.3, 0.4) is 0 Å². The fourth-order valence-corrected chi connectivity index (χ4v) is 3.38. The molecule has 0 aromatic carbocycles. The van der Waals surface area contributed by atoms with E-state index < -0.39 is 24.3 Å². The molecule has 5 atom stereocenters. The van der Waals surface area contributed by atoms with Gasteiger partial charge in [0.05, 0.1) is 18.3 Å². The van der Waals surface area contributed by atoms with E-state index in [2.05, 4.69) is 19.1 Å². The highest BCUT2D eigenvalue weighted by Gasteiger charge is 2.39. The number of aliphatic hydroxyl groups is 3. The number of carboxylic acids is 1. The lowest BCUT2D eigenvalue weighted by Crippen LogP contribution is -2.20. The Balaban J connectivity index is 2.45. The van der Waals surface area contributed by atoms with Gasteiger partial charge < -0.3 is 20.4 Å². The van der Waals surface area contributed by atoms with Crippen molar-refractivity contribution < 1.29 is 25.2 Å². The second kappa shape index (κ2) is 12.2. The molecule has 0 bridgehead atoms. The molecular weight excluding hydrogens is 320 g/mol. The first kappa shape index (κ1) is 21.9. The van der Waals surface area contributed by atoms with Gasteiger partial charge in [-0.2, -0.15) is 0 Å². The van der Waals surface area contributed by atoms with Gasteiger partial charge in [0.25, 0.3) is 0 Å². The van der Waals surface area contributed by atoms with Gasteiger partial charge in [0.1, 0.15) is 0 Å². The number of aliphatic hydroxyl groups excluding tert-OH is 3. The third-order valence-corrected chi connectivity index (χ3v) is 4.91. The molecule has 1 aliphatic rings. The van der Waals surface area contributed by atoms with Gasteiger partial charge in [-0.05, 0) is 38.0 Å². The highest BCUT2D eigenvalue weighted by Crippen LogP contribution is 2.36. The number of carboxylic acid groups (broad SMARTS) is 1. The van der Waals surface area contributed by atoms with Crippen LogP contribution in [0.4, 0.5) is 0 Å². The minimum absolute atomic E-state index is 0.0247. The van der Waals surface area contributed by atoms with Gasteiger partial charge in [-0.3, -0.25) is 4.79 Å². The highest BCUT2D eigenvalue weighted by atomic mass is 16.4. The third-order valence-electron chi connectivity index (χ3n) is 4.91. The van der Waals surface area contributed by atoms with E-state index >= 15 is 0 Å². The third kappa shape index (κ3) is 8.66. The van der Waals surface area contributed by atoms with Crippen molar-refractivity contribution in [1.82, 2.24) is 0 Å². The molecular formula is C20H34O5. The van der Waals surface area contributed by atoms with Crippen LogP contribution in [0.5, 0.6) is 0 Å². The molecule has 1 fully saturated rings. The Morgan fingerprint density at radius 2 is 1.92 bits per heavy atom. The van der Waals surface area contributed by atoms with E-state index in [0.717, 1.165) is 25.7 Å². The summed E-state index contributed by atoms with van der Waals surface area (Å²) in [5, 5.41) is 38.9. The lowest BCUT2D eigenvalue weighted by Gasteiger charge is -2.19. The monoisotopic (exact) mass is 354 g/mol. The van der Waals surface area contributed by atoms with Gasteiger partial charge in [0.2, 0.25) is 0 Å². The molecule has 144 valence electrons. The van der Waals surface area contributed by atoms with Crippen molar-refractivity contribution in [3.63, 3.8) is 0 Å². The topological polar surface area (TPSA) is 98.0 Å². The van der Waals surface area contributed by atoms with Crippen LogP contribution in [0, 0.1) is 11.8 Å². The van der Waals surface area contributed by atoms with Crippen molar-refractivity contribution in [3.8, 4) is 0 Å². The molecule has 25 heavy (non-hydrogen) atoms. The maximum absolute atomic E-state index is 10.5. The summed E-state index contributed by atoms with van der Waals surface area (Å²) in [7, 11) is 0. The van der Waals surface area contributed by atoms with Crippen molar-refractivity contribution in [3.05, 3.63) is 24.3 Å². The van der Waals surface area contributed by atoms with E-state index in [0.29, 0.717) is 25.7 Å². The van der Waals surface area contributed by atoms with Crippen LogP contribution in [0.25, 0.3) is 0 Å². The summed E-state index contributed by atoms with van der Waals surface area (Å²) in [6, 6.07) is 0. The Morgan fingerprint density at radius 1 is 1.16 bits per heavy atom. The fraction of sp³-hybridized carbons (Fsp3) is 0.750. The molecule has 0 saturated heterocycles. The van der Waals surface area contributed by atoms with Gasteiger partial charge >= 0.3 is 5.97 Å². The van der Waals surface area contributed by atoms with E-state index in [-0.39, 0.29) is 18.3 Å². The summed E-state index contributed by atoms with van der Waals surface area (Å²) in [4.78, 5) is 10.5. The van der Waals surface area contributed by atoms with Gasteiger partial charge in [-0.25, -0.2) is 0 Å². The predicted octanol–water partition coefficient (Wildman–Crippen LogP) is 3.04. The molecule has 0 aromatic rings. The van der Waals surface area contributed by atoms with Crippen LogP contribution in [0.2, 0.25) is 0 Å². The van der Waals surface area contributed by atoms with Crippen LogP contribution in [0.1, 0.15) is 64.7 Å². The van der Waals surface area contributed by atoms with Crippen molar-refractivity contribution in [2.45, 2.75) is 83.0 Å². The maximum Gasteiger partial charge on any atom is 0.303 e. The Kier molecular flexibility index (Phi) is 10.7. The molecule has 1 saturated carbocycles. The summed E-state index contributed by atoms with van der Waals surface area (Å²) in [5.74, 6) is -0.995. The summed E-state index contributed by atoms with van der Waals surface area (Å²) in [5.41, 5.74) is 0. The van der Waals surface area contributed by atoms with E-state index in [1.54, 1.807) is 6.08 Å². The lowest BCUT2D eigenvalue weighted by molar-refractivity contribution is -0.137. The summed E-state index contributed by atoms with van der Waals surface area (Å²) >= 11 is 0. The molecule has 1 aliphatic carbocycles. The number of aliphatic carboxylic acids is 1. The SMILES string of the molecule is CCCC/C=C/C[C@@H]1C(/C=C/[C@@H](O)CCCCC(=O)O)[C@H](O)C[C@@H]1O. The maximum atomic E-state index is 10.5. The zero-order valence-electron chi connectivity index (χ0n) is 15.3. The molecule has 0 amide bonds. The lowest BCUT2D eigenvalue weighted by atomic mass is 9.89. The van der Waals surface area contributed by atoms with E-state index in [1.807, 2.05) is 6.08 Å². The number of hydrogen-bond donors (Lipinski definition) is 4. The fourth-order valence-electron chi connectivity index (χ4n) is 3.38. The zero-order valence-corrected chi connectivity index (χ0v) is 15.3. The number of rotatable bonds is 12. The normalized spacial score (nSPS) is 28.2. The summed E-state index contributed by atoms with van der Waals surface area (Å²) in [6.45, 7) is 2.15. The molecule has 5 heteroatoms. The summed E-state index contributed by atoms with van der Waals surface area (Å²) < 4.78 is 0. The Hall–Kier alpha value is -1.17. The van der Waals surface area contributed by atoms with Crippen molar-refractivity contribution in [2.75, 3.05) is 0 Å². The highest BCUT2D eigenvalue weighted by molar-refractivity contribution is 5.66. The molecule has 4 N–H and O–H groups in total. The number of unbranched alkanes of at least 4 members (excludes halogenated alkanes) is 3. The van der Waals surface area contributed by atoms with Crippen LogP contribution in [-0.4, -0.2) is 44.7 Å². The van der Waals surface area contributed by atoms with Crippen LogP contribution < -0.4 is 0 Å². The van der Waals surface area contributed by atoms with Gasteiger partial charge in [0, 0.05) is 18.8 Å². The largest absolute Gasteiger partial charge is 0.481 e. The van der Waals surface area contributed by atoms with Crippen LogP contribution >= 0.6 is 0 Å². The van der Waals surface area contributed by atoms with Gasteiger partial charge in [-0.15, -0.1) is 0 Å². The molecule has 0 spiro atoms. The van der Waals surface area contributed by atoms with E-state index in [4.69, 9.17) is 5.11 Å². The second-order valence-electron chi connectivity index (χ2n) is 7.05. The van der Waals surface area contributed by atoms with Gasteiger partial charge in [-0.1, -0.05) is 44.1 Å². The molecule has 0 radical (unpaired) electrons.